The van der Waals surface area contributed by atoms with Crippen LogP contribution < -0.4 is 21.5 Å². The molecule has 20 heteroatoms. The number of anilines is 1. The number of amides is 2. The van der Waals surface area contributed by atoms with Crippen LogP contribution in [0.5, 0.6) is 11.5 Å². The van der Waals surface area contributed by atoms with Gasteiger partial charge in [-0.2, -0.15) is 13.5 Å². The van der Waals surface area contributed by atoms with E-state index in [1.54, 1.807) is 0 Å². The molecule has 9 N–H and O–H groups in total. The molecule has 0 spiro atoms. The summed E-state index contributed by atoms with van der Waals surface area (Å²) < 4.78 is 40.4. The number of aromatic hydroxyl groups is 1. The molecular formula is C20H23N7O11S2. The Balaban J connectivity index is 1.78. The number of nitrogens with one attached hydrogen (secondary N) is 2. The van der Waals surface area contributed by atoms with Gasteiger partial charge in [0, 0.05) is 11.4 Å². The van der Waals surface area contributed by atoms with Gasteiger partial charge in [0.2, 0.25) is 0 Å². The Morgan fingerprint density at radius 3 is 2.55 bits per heavy atom. The number of hydrogen-bond donors (Lipinski definition) is 7. The summed E-state index contributed by atoms with van der Waals surface area (Å²) in [6.45, 7) is 2.01. The number of β-lactam (4-membered cyclic amide) rings is 1. The first kappa shape index (κ1) is 30.0. The first-order chi connectivity index (χ1) is 18.5. The van der Waals surface area contributed by atoms with E-state index >= 15 is 0 Å². The molecular weight excluding hydrogens is 578 g/mol. The maximum absolute atomic E-state index is 13.1. The number of aliphatic carboxylic acids is 1. The monoisotopic (exact) mass is 601 g/mol. The van der Waals surface area contributed by atoms with Crippen molar-refractivity contribution in [2.75, 3.05) is 12.3 Å². The van der Waals surface area contributed by atoms with Gasteiger partial charge in [0.15, 0.2) is 10.8 Å². The molecule has 0 bridgehead atoms. The summed E-state index contributed by atoms with van der Waals surface area (Å²) in [4.78, 5) is 46.1. The number of carboxylic acid groups (broad SMARTS) is 1. The molecule has 3 rings (SSSR count). The van der Waals surface area contributed by atoms with Crippen molar-refractivity contribution in [2.24, 2.45) is 10.9 Å². The van der Waals surface area contributed by atoms with Gasteiger partial charge in [-0.25, -0.2) is 9.78 Å². The number of benzene rings is 1. The minimum Gasteiger partial charge on any atom is -0.507 e. The van der Waals surface area contributed by atoms with Gasteiger partial charge in [-0.05, 0) is 26.0 Å². The summed E-state index contributed by atoms with van der Waals surface area (Å²) in [5.41, 5.74) is 8.81. The Bertz CT molecular complexity index is 1490. The number of ether oxygens (including phenoxy) is 1. The summed E-state index contributed by atoms with van der Waals surface area (Å²) in [7, 11) is -5.03. The van der Waals surface area contributed by atoms with Gasteiger partial charge < -0.3 is 36.6 Å². The lowest BCUT2D eigenvalue weighted by atomic mass is 9.84. The third kappa shape index (κ3) is 6.72. The molecule has 1 saturated heterocycles. The number of hydrogen-bond acceptors (Lipinski definition) is 14. The second-order valence-corrected chi connectivity index (χ2v) is 10.4. The zero-order chi connectivity index (χ0) is 30.0. The SMILES string of the molecule is CC1(C)[C@H](NC(=O)/C(=N\OC(COc2ccc(C(=N)N)c(O)c2)C(=O)O)c2csc(N)n2)C(=O)N1OS(=O)(=O)O. The third-order valence-corrected chi connectivity index (χ3v) is 6.32. The molecule has 0 radical (unpaired) electrons. The van der Waals surface area contributed by atoms with Crippen LogP contribution in [-0.4, -0.2) is 86.9 Å². The summed E-state index contributed by atoms with van der Waals surface area (Å²) in [6, 6.07) is 2.35. The molecule has 40 heavy (non-hydrogen) atoms. The summed E-state index contributed by atoms with van der Waals surface area (Å²) in [5, 5.41) is 34.4. The number of hydroxylamine groups is 2. The standard InChI is InChI=1S/C20H23N7O11S2/c1-20(2)14(17(30)27(20)38-40(33,34)35)25-16(29)13(10-7-39-19(23)24-10)26-37-12(18(31)32)6-36-8-3-4-9(15(21)22)11(28)5-8/h3-5,7,12,14,28H,6H2,1-2H3,(H3,21,22)(H2,23,24)(H,25,29)(H,31,32)(H,33,34,35)/b26-13-/t12?,14-/m1/s1. The maximum atomic E-state index is 13.1. The number of phenols is 1. The fraction of sp³-hybridized carbons (Fsp3) is 0.300. The average molecular weight is 602 g/mol. The lowest BCUT2D eigenvalue weighted by Gasteiger charge is -2.50. The molecule has 216 valence electrons. The molecule has 2 atom stereocenters. The zero-order valence-electron chi connectivity index (χ0n) is 20.6. The van der Waals surface area contributed by atoms with E-state index < -0.39 is 64.0 Å². The van der Waals surface area contributed by atoms with E-state index in [4.69, 9.17) is 31.0 Å². The number of carbonyl (C=O) groups is 3. The Morgan fingerprint density at radius 2 is 2.05 bits per heavy atom. The molecule has 1 aliphatic rings. The summed E-state index contributed by atoms with van der Waals surface area (Å²) in [5.74, 6) is -4.41. The van der Waals surface area contributed by atoms with Crippen LogP contribution in [0, 0.1) is 5.41 Å². The van der Waals surface area contributed by atoms with Gasteiger partial charge in [0.25, 0.3) is 17.9 Å². The fourth-order valence-electron chi connectivity index (χ4n) is 3.28. The van der Waals surface area contributed by atoms with Crippen molar-refractivity contribution < 1.29 is 51.4 Å². The molecule has 1 aromatic heterocycles. The highest BCUT2D eigenvalue weighted by atomic mass is 32.3. The van der Waals surface area contributed by atoms with E-state index in [1.807, 2.05) is 0 Å². The van der Waals surface area contributed by atoms with E-state index in [1.165, 1.54) is 31.4 Å². The number of carbonyl (C=O) groups excluding carboxylic acids is 2. The molecule has 2 heterocycles. The Hall–Kier alpha value is -4.53. The van der Waals surface area contributed by atoms with E-state index in [2.05, 4.69) is 19.7 Å². The maximum Gasteiger partial charge on any atom is 0.418 e. The van der Waals surface area contributed by atoms with Gasteiger partial charge in [-0.15, -0.1) is 15.6 Å². The summed E-state index contributed by atoms with van der Waals surface area (Å²) in [6.07, 6.45) is -1.78. The highest BCUT2D eigenvalue weighted by Crippen LogP contribution is 2.33. The molecule has 1 aliphatic heterocycles. The molecule has 2 aromatic rings. The van der Waals surface area contributed by atoms with Crippen molar-refractivity contribution in [3.05, 3.63) is 34.8 Å². The summed E-state index contributed by atoms with van der Waals surface area (Å²) >= 11 is 0.920. The van der Waals surface area contributed by atoms with Crippen molar-refractivity contribution in [3.8, 4) is 11.5 Å². The Morgan fingerprint density at radius 1 is 1.38 bits per heavy atom. The Kier molecular flexibility index (Phi) is 8.48. The molecule has 0 aliphatic carbocycles. The van der Waals surface area contributed by atoms with Gasteiger partial charge >= 0.3 is 16.4 Å². The first-order valence-corrected chi connectivity index (χ1v) is 13.1. The van der Waals surface area contributed by atoms with Crippen LogP contribution >= 0.6 is 11.3 Å². The highest BCUT2D eigenvalue weighted by molar-refractivity contribution is 7.80. The van der Waals surface area contributed by atoms with Crippen molar-refractivity contribution >= 4 is 56.2 Å². The quantitative estimate of drug-likeness (QED) is 0.0495. The molecule has 2 amide bonds. The lowest BCUT2D eigenvalue weighted by molar-refractivity contribution is -0.218. The van der Waals surface area contributed by atoms with Gasteiger partial charge in [0.05, 0.1) is 11.1 Å². The predicted molar refractivity (Wildman–Crippen MR) is 136 cm³/mol. The second-order valence-electron chi connectivity index (χ2n) is 8.54. The van der Waals surface area contributed by atoms with Crippen molar-refractivity contribution in [3.63, 3.8) is 0 Å². The number of thiazole rings is 1. The number of rotatable bonds is 12. The van der Waals surface area contributed by atoms with Crippen molar-refractivity contribution in [1.82, 2.24) is 15.4 Å². The average Bonchev–Trinajstić information content (AvgIpc) is 3.27. The number of nitrogens with two attached hydrogens (primary N) is 2. The van der Waals surface area contributed by atoms with Crippen molar-refractivity contribution in [1.29, 1.82) is 5.41 Å². The van der Waals surface area contributed by atoms with Crippen molar-refractivity contribution in [2.45, 2.75) is 31.5 Å². The second kappa shape index (κ2) is 11.3. The topological polar surface area (TPSA) is 290 Å². The number of phenolic OH excluding ortho intramolecular Hbond substituents is 1. The van der Waals surface area contributed by atoms with E-state index in [0.29, 0.717) is 5.06 Å². The number of carboxylic acids is 1. The van der Waals surface area contributed by atoms with Gasteiger partial charge in [-0.1, -0.05) is 5.16 Å². The minimum absolute atomic E-state index is 0.00830. The molecule has 1 unspecified atom stereocenters. The normalized spacial score (nSPS) is 17.5. The lowest BCUT2D eigenvalue weighted by Crippen LogP contribution is -2.76. The van der Waals surface area contributed by atoms with Crippen LogP contribution in [0.3, 0.4) is 0 Å². The van der Waals surface area contributed by atoms with Crippen LogP contribution in [0.15, 0.2) is 28.7 Å². The third-order valence-electron chi connectivity index (χ3n) is 5.31. The van der Waals surface area contributed by atoms with Crippen LogP contribution in [0.2, 0.25) is 0 Å². The number of oxime groups is 1. The van der Waals surface area contributed by atoms with Crippen LogP contribution in [0.1, 0.15) is 25.1 Å². The molecule has 18 nitrogen and oxygen atoms in total. The molecule has 0 saturated carbocycles. The van der Waals surface area contributed by atoms with E-state index in [9.17, 15) is 33.0 Å². The van der Waals surface area contributed by atoms with Crippen LogP contribution in [0.4, 0.5) is 5.13 Å². The minimum atomic E-state index is -5.03. The van der Waals surface area contributed by atoms with E-state index in [-0.39, 0.29) is 27.9 Å². The van der Waals surface area contributed by atoms with Gasteiger partial charge in [-0.3, -0.25) is 19.6 Å². The van der Waals surface area contributed by atoms with E-state index in [0.717, 1.165) is 17.4 Å². The molecule has 1 aromatic carbocycles. The number of nitrogens with zero attached hydrogens (tertiary/aromatic N) is 3. The zero-order valence-corrected chi connectivity index (χ0v) is 22.2. The predicted octanol–water partition coefficient (Wildman–Crippen LogP) is -1.19. The smallest absolute Gasteiger partial charge is 0.418 e. The van der Waals surface area contributed by atoms with Gasteiger partial charge in [0.1, 0.15) is 35.7 Å². The van der Waals surface area contributed by atoms with Crippen LogP contribution in [-0.2, 0) is 33.9 Å². The largest absolute Gasteiger partial charge is 0.507 e. The highest BCUT2D eigenvalue weighted by Gasteiger charge is 2.58. The Labute approximate surface area is 229 Å². The number of aromatic nitrogens is 1. The van der Waals surface area contributed by atoms with Crippen LogP contribution in [0.25, 0.3) is 0 Å². The number of amidine groups is 1. The molecule has 1 fully saturated rings. The number of nitrogen functional groups attached to an aromatic ring is 2. The fourth-order valence-corrected chi connectivity index (χ4v) is 4.29. The first-order valence-electron chi connectivity index (χ1n) is 10.8.